The summed E-state index contributed by atoms with van der Waals surface area (Å²) in [6, 6.07) is 7.31. The largest absolute Gasteiger partial charge is 0.308 e. The Morgan fingerprint density at radius 2 is 1.95 bits per heavy atom. The molecule has 2 nitrogen and oxygen atoms in total. The Morgan fingerprint density at radius 1 is 1.30 bits per heavy atom. The van der Waals surface area contributed by atoms with E-state index in [0.717, 1.165) is 13.1 Å². The number of nitrogens with one attached hydrogen (secondary N) is 1. The molecule has 1 rings (SSSR count). The number of benzene rings is 1. The van der Waals surface area contributed by atoms with Crippen molar-refractivity contribution >= 4 is 15.9 Å². The van der Waals surface area contributed by atoms with Gasteiger partial charge in [0.25, 0.3) is 0 Å². The molecule has 1 atom stereocenters. The van der Waals surface area contributed by atoms with Gasteiger partial charge in [0.1, 0.15) is 0 Å². The molecule has 0 heterocycles. The Balaban J connectivity index is 2.68. The highest BCUT2D eigenvalue weighted by Crippen LogP contribution is 2.21. The van der Waals surface area contributed by atoms with E-state index in [1.54, 1.807) is 0 Å². The Labute approximate surface area is 133 Å². The van der Waals surface area contributed by atoms with Crippen LogP contribution in [0, 0.1) is 0 Å². The van der Waals surface area contributed by atoms with Crippen LogP contribution in [0.3, 0.4) is 0 Å². The summed E-state index contributed by atoms with van der Waals surface area (Å²) < 4.78 is 1.21. The SMILES string of the molecule is CCC(C)N(C)Cc1ccc(CNC(C)(C)C)cc1Br. The van der Waals surface area contributed by atoms with Crippen molar-refractivity contribution in [3.63, 3.8) is 0 Å². The molecule has 114 valence electrons. The molecule has 1 aromatic rings. The molecule has 20 heavy (non-hydrogen) atoms. The monoisotopic (exact) mass is 340 g/mol. The predicted molar refractivity (Wildman–Crippen MR) is 92.0 cm³/mol. The summed E-state index contributed by atoms with van der Waals surface area (Å²) >= 11 is 3.71. The van der Waals surface area contributed by atoms with Crippen molar-refractivity contribution in [2.45, 2.75) is 65.7 Å². The van der Waals surface area contributed by atoms with Gasteiger partial charge >= 0.3 is 0 Å². The third-order valence-electron chi connectivity index (χ3n) is 3.70. The fourth-order valence-corrected chi connectivity index (χ4v) is 2.48. The molecular formula is C17H29BrN2. The molecule has 3 heteroatoms. The molecule has 0 fully saturated rings. The highest BCUT2D eigenvalue weighted by atomic mass is 79.9. The average molecular weight is 341 g/mol. The second-order valence-corrected chi connectivity index (χ2v) is 7.56. The highest BCUT2D eigenvalue weighted by Gasteiger charge is 2.11. The van der Waals surface area contributed by atoms with Crippen molar-refractivity contribution in [2.75, 3.05) is 7.05 Å². The molecule has 0 aliphatic carbocycles. The van der Waals surface area contributed by atoms with Crippen LogP contribution < -0.4 is 5.32 Å². The standard InChI is InChI=1S/C17H29BrN2/c1-7-13(2)20(6)12-15-9-8-14(10-16(15)18)11-19-17(3,4)5/h8-10,13,19H,7,11-12H2,1-6H3. The Morgan fingerprint density at radius 3 is 2.45 bits per heavy atom. The second-order valence-electron chi connectivity index (χ2n) is 6.70. The minimum absolute atomic E-state index is 0.155. The van der Waals surface area contributed by atoms with E-state index in [-0.39, 0.29) is 5.54 Å². The first-order valence-corrected chi connectivity index (χ1v) is 8.25. The summed E-state index contributed by atoms with van der Waals surface area (Å²) in [5.41, 5.74) is 2.83. The van der Waals surface area contributed by atoms with Crippen molar-refractivity contribution in [3.8, 4) is 0 Å². The van der Waals surface area contributed by atoms with Crippen molar-refractivity contribution < 1.29 is 0 Å². The first-order chi connectivity index (χ1) is 9.23. The minimum Gasteiger partial charge on any atom is -0.308 e. The molecule has 0 amide bonds. The minimum atomic E-state index is 0.155. The number of nitrogens with zero attached hydrogens (tertiary/aromatic N) is 1. The molecule has 0 bridgehead atoms. The lowest BCUT2D eigenvalue weighted by atomic mass is 10.1. The molecule has 0 aromatic heterocycles. The summed E-state index contributed by atoms with van der Waals surface area (Å²) in [5, 5.41) is 3.52. The van der Waals surface area contributed by atoms with Gasteiger partial charge < -0.3 is 5.32 Å². The molecule has 1 unspecified atom stereocenters. The van der Waals surface area contributed by atoms with Crippen LogP contribution in [0.2, 0.25) is 0 Å². The van der Waals surface area contributed by atoms with E-state index in [2.05, 4.69) is 86.0 Å². The Hall–Kier alpha value is -0.380. The van der Waals surface area contributed by atoms with Gasteiger partial charge in [-0.15, -0.1) is 0 Å². The van der Waals surface area contributed by atoms with E-state index in [1.165, 1.54) is 22.0 Å². The van der Waals surface area contributed by atoms with Gasteiger partial charge in [0.05, 0.1) is 0 Å². The van der Waals surface area contributed by atoms with Gasteiger partial charge in [-0.25, -0.2) is 0 Å². The van der Waals surface area contributed by atoms with Gasteiger partial charge in [-0.2, -0.15) is 0 Å². The third-order valence-corrected chi connectivity index (χ3v) is 4.44. The van der Waals surface area contributed by atoms with Crippen molar-refractivity contribution in [1.29, 1.82) is 0 Å². The van der Waals surface area contributed by atoms with Crippen LogP contribution >= 0.6 is 15.9 Å². The maximum absolute atomic E-state index is 3.71. The maximum atomic E-state index is 3.71. The lowest BCUT2D eigenvalue weighted by molar-refractivity contribution is 0.243. The van der Waals surface area contributed by atoms with E-state index in [0.29, 0.717) is 6.04 Å². The van der Waals surface area contributed by atoms with Crippen LogP contribution in [0.1, 0.15) is 52.2 Å². The molecule has 1 N–H and O–H groups in total. The van der Waals surface area contributed by atoms with Crippen LogP contribution in [0.5, 0.6) is 0 Å². The van der Waals surface area contributed by atoms with E-state index in [9.17, 15) is 0 Å². The van der Waals surface area contributed by atoms with Gasteiger partial charge in [-0.05, 0) is 58.4 Å². The zero-order valence-corrected chi connectivity index (χ0v) is 15.3. The topological polar surface area (TPSA) is 15.3 Å². The van der Waals surface area contributed by atoms with Gasteiger partial charge in [-0.3, -0.25) is 4.90 Å². The Bertz CT molecular complexity index is 423. The van der Waals surface area contributed by atoms with Crippen molar-refractivity contribution in [3.05, 3.63) is 33.8 Å². The van der Waals surface area contributed by atoms with E-state index < -0.39 is 0 Å². The number of hydrogen-bond acceptors (Lipinski definition) is 2. The van der Waals surface area contributed by atoms with Gasteiger partial charge in [0, 0.05) is 29.1 Å². The van der Waals surface area contributed by atoms with Crippen LogP contribution in [0.4, 0.5) is 0 Å². The first-order valence-electron chi connectivity index (χ1n) is 7.45. The summed E-state index contributed by atoms with van der Waals surface area (Å²) in [6.07, 6.45) is 1.18. The van der Waals surface area contributed by atoms with Crippen molar-refractivity contribution in [1.82, 2.24) is 10.2 Å². The summed E-state index contributed by atoms with van der Waals surface area (Å²) in [5.74, 6) is 0. The zero-order valence-electron chi connectivity index (χ0n) is 13.8. The fourth-order valence-electron chi connectivity index (χ4n) is 1.93. The molecule has 0 radical (unpaired) electrons. The summed E-state index contributed by atoms with van der Waals surface area (Å²) in [6.45, 7) is 13.0. The number of hydrogen-bond donors (Lipinski definition) is 1. The summed E-state index contributed by atoms with van der Waals surface area (Å²) in [7, 11) is 2.19. The molecule has 0 saturated heterocycles. The lowest BCUT2D eigenvalue weighted by Gasteiger charge is -2.24. The van der Waals surface area contributed by atoms with E-state index in [4.69, 9.17) is 0 Å². The smallest absolute Gasteiger partial charge is 0.0244 e. The number of halogens is 1. The summed E-state index contributed by atoms with van der Waals surface area (Å²) in [4.78, 5) is 2.40. The first kappa shape index (κ1) is 17.7. The van der Waals surface area contributed by atoms with Crippen LogP contribution in [-0.2, 0) is 13.1 Å². The fraction of sp³-hybridized carbons (Fsp3) is 0.647. The lowest BCUT2D eigenvalue weighted by Crippen LogP contribution is -2.35. The van der Waals surface area contributed by atoms with Gasteiger partial charge in [-0.1, -0.05) is 35.0 Å². The van der Waals surface area contributed by atoms with Crippen LogP contribution in [0.15, 0.2) is 22.7 Å². The molecule has 0 aliphatic rings. The number of rotatable bonds is 6. The van der Waals surface area contributed by atoms with Crippen LogP contribution in [-0.4, -0.2) is 23.5 Å². The highest BCUT2D eigenvalue weighted by molar-refractivity contribution is 9.10. The van der Waals surface area contributed by atoms with E-state index >= 15 is 0 Å². The second kappa shape index (κ2) is 7.58. The third kappa shape index (κ3) is 5.94. The maximum Gasteiger partial charge on any atom is 0.0244 e. The molecule has 0 spiro atoms. The quantitative estimate of drug-likeness (QED) is 0.815. The van der Waals surface area contributed by atoms with E-state index in [1.807, 2.05) is 0 Å². The Kier molecular flexibility index (Phi) is 6.70. The molecule has 0 aliphatic heterocycles. The van der Waals surface area contributed by atoms with Crippen LogP contribution in [0.25, 0.3) is 0 Å². The van der Waals surface area contributed by atoms with Crippen molar-refractivity contribution in [2.24, 2.45) is 0 Å². The molecule has 1 aromatic carbocycles. The normalized spacial score (nSPS) is 13.8. The van der Waals surface area contributed by atoms with Gasteiger partial charge in [0.15, 0.2) is 0 Å². The zero-order chi connectivity index (χ0) is 15.3. The predicted octanol–water partition coefficient (Wildman–Crippen LogP) is 4.57. The molecule has 0 saturated carbocycles. The average Bonchev–Trinajstić information content (AvgIpc) is 2.37. The molecular weight excluding hydrogens is 312 g/mol. The van der Waals surface area contributed by atoms with Gasteiger partial charge in [0.2, 0.25) is 0 Å².